The molecule has 0 N–H and O–H groups in total. The number of carbonyl (C=O) groups is 1. The van der Waals surface area contributed by atoms with Crippen LogP contribution in [0.15, 0.2) is 12.3 Å². The van der Waals surface area contributed by atoms with Gasteiger partial charge in [0.25, 0.3) is 0 Å². The highest BCUT2D eigenvalue weighted by Crippen LogP contribution is 2.21. The molecule has 5 nitrogen and oxygen atoms in total. The Morgan fingerprint density at radius 3 is 2.29 bits per heavy atom. The summed E-state index contributed by atoms with van der Waals surface area (Å²) in [4.78, 5) is 11.9. The van der Waals surface area contributed by atoms with Crippen LogP contribution in [-0.4, -0.2) is 28.1 Å². The Hall–Kier alpha value is -1.52. The van der Waals surface area contributed by atoms with E-state index in [-0.39, 0.29) is 0 Å². The SMILES string of the molecule is CC(C)C(COc1ccn(C(=O)OC(C)(C)C)n1)C(C)C. The van der Waals surface area contributed by atoms with Gasteiger partial charge in [-0.3, -0.25) is 0 Å². The molecule has 0 fully saturated rings. The van der Waals surface area contributed by atoms with Crippen LogP contribution < -0.4 is 4.74 Å². The van der Waals surface area contributed by atoms with E-state index in [0.717, 1.165) is 0 Å². The van der Waals surface area contributed by atoms with E-state index in [1.54, 1.807) is 12.3 Å². The maximum Gasteiger partial charge on any atom is 0.435 e. The zero-order valence-electron chi connectivity index (χ0n) is 14.2. The average molecular weight is 296 g/mol. The lowest BCUT2D eigenvalue weighted by Gasteiger charge is -2.24. The average Bonchev–Trinajstić information content (AvgIpc) is 2.74. The van der Waals surface area contributed by atoms with Crippen LogP contribution in [0.25, 0.3) is 0 Å². The van der Waals surface area contributed by atoms with Gasteiger partial charge in [0.1, 0.15) is 5.60 Å². The molecule has 0 atom stereocenters. The van der Waals surface area contributed by atoms with Gasteiger partial charge >= 0.3 is 6.09 Å². The fourth-order valence-electron chi connectivity index (χ4n) is 2.13. The van der Waals surface area contributed by atoms with Crippen LogP contribution in [0.3, 0.4) is 0 Å². The van der Waals surface area contributed by atoms with Gasteiger partial charge in [-0.05, 0) is 38.5 Å². The summed E-state index contributed by atoms with van der Waals surface area (Å²) >= 11 is 0. The summed E-state index contributed by atoms with van der Waals surface area (Å²) in [7, 11) is 0. The molecule has 0 saturated heterocycles. The van der Waals surface area contributed by atoms with Crippen molar-refractivity contribution < 1.29 is 14.3 Å². The summed E-state index contributed by atoms with van der Waals surface area (Å²) in [6, 6.07) is 1.68. The van der Waals surface area contributed by atoms with Crippen molar-refractivity contribution in [2.24, 2.45) is 17.8 Å². The first-order valence-corrected chi connectivity index (χ1v) is 7.52. The Balaban J connectivity index is 2.61. The minimum absolute atomic E-state index is 0.451. The van der Waals surface area contributed by atoms with Gasteiger partial charge in [-0.1, -0.05) is 27.7 Å². The Kier molecular flexibility index (Phi) is 5.81. The van der Waals surface area contributed by atoms with E-state index in [0.29, 0.717) is 30.2 Å². The molecule has 5 heteroatoms. The smallest absolute Gasteiger partial charge is 0.435 e. The minimum atomic E-state index is -0.537. The van der Waals surface area contributed by atoms with Crippen molar-refractivity contribution in [3.63, 3.8) is 0 Å². The van der Waals surface area contributed by atoms with Crippen LogP contribution >= 0.6 is 0 Å². The molecule has 1 rings (SSSR count). The van der Waals surface area contributed by atoms with E-state index >= 15 is 0 Å². The van der Waals surface area contributed by atoms with E-state index < -0.39 is 11.7 Å². The predicted molar refractivity (Wildman–Crippen MR) is 82.5 cm³/mol. The lowest BCUT2D eigenvalue weighted by atomic mass is 9.86. The van der Waals surface area contributed by atoms with E-state index in [4.69, 9.17) is 9.47 Å². The normalized spacial score (nSPS) is 12.3. The van der Waals surface area contributed by atoms with Gasteiger partial charge in [0.05, 0.1) is 6.61 Å². The second-order valence-electron chi connectivity index (χ2n) is 7.04. The monoisotopic (exact) mass is 296 g/mol. The standard InChI is InChI=1S/C16H28N2O3/c1-11(2)13(12(3)4)10-20-14-8-9-18(17-14)15(19)21-16(5,6)7/h8-9,11-13H,10H2,1-7H3. The van der Waals surface area contributed by atoms with Crippen molar-refractivity contribution in [2.45, 2.75) is 54.1 Å². The summed E-state index contributed by atoms with van der Waals surface area (Å²) in [5, 5.41) is 4.10. The first kappa shape index (κ1) is 17.5. The molecule has 1 aromatic rings. The third kappa shape index (κ3) is 5.78. The molecular formula is C16H28N2O3. The molecule has 0 bridgehead atoms. The van der Waals surface area contributed by atoms with Gasteiger partial charge in [-0.15, -0.1) is 5.10 Å². The Bertz CT molecular complexity index is 450. The highest BCUT2D eigenvalue weighted by Gasteiger charge is 2.20. The lowest BCUT2D eigenvalue weighted by molar-refractivity contribution is 0.0510. The fourth-order valence-corrected chi connectivity index (χ4v) is 2.13. The molecule has 0 spiro atoms. The molecule has 21 heavy (non-hydrogen) atoms. The molecule has 120 valence electrons. The highest BCUT2D eigenvalue weighted by molar-refractivity contribution is 5.69. The molecule has 0 aliphatic rings. The largest absolute Gasteiger partial charge is 0.476 e. The van der Waals surface area contributed by atoms with Gasteiger partial charge < -0.3 is 9.47 Å². The highest BCUT2D eigenvalue weighted by atomic mass is 16.6. The number of ether oxygens (including phenoxy) is 2. The zero-order valence-corrected chi connectivity index (χ0v) is 14.2. The topological polar surface area (TPSA) is 53.4 Å². The molecule has 0 aromatic carbocycles. The van der Waals surface area contributed by atoms with E-state index in [1.807, 2.05) is 20.8 Å². The summed E-state index contributed by atoms with van der Waals surface area (Å²) in [5.41, 5.74) is -0.537. The van der Waals surface area contributed by atoms with Crippen LogP contribution in [0.4, 0.5) is 4.79 Å². The van der Waals surface area contributed by atoms with Gasteiger partial charge in [-0.25, -0.2) is 4.79 Å². The first-order valence-electron chi connectivity index (χ1n) is 7.52. The van der Waals surface area contributed by atoms with Gasteiger partial charge in [0, 0.05) is 12.3 Å². The first-order chi connectivity index (χ1) is 9.60. The van der Waals surface area contributed by atoms with Gasteiger partial charge in [0.15, 0.2) is 0 Å². The predicted octanol–water partition coefficient (Wildman–Crippen LogP) is 3.97. The number of aromatic nitrogens is 2. The zero-order chi connectivity index (χ0) is 16.2. The fraction of sp³-hybridized carbons (Fsp3) is 0.750. The molecule has 0 aliphatic heterocycles. The number of rotatable bonds is 5. The minimum Gasteiger partial charge on any atom is -0.476 e. The Labute approximate surface area is 127 Å². The van der Waals surface area contributed by atoms with Crippen molar-refractivity contribution in [3.8, 4) is 5.88 Å². The lowest BCUT2D eigenvalue weighted by Crippen LogP contribution is -2.27. The molecular weight excluding hydrogens is 268 g/mol. The van der Waals surface area contributed by atoms with E-state index in [2.05, 4.69) is 32.8 Å². The molecule has 0 radical (unpaired) electrons. The van der Waals surface area contributed by atoms with Crippen LogP contribution in [0, 0.1) is 17.8 Å². The third-order valence-electron chi connectivity index (χ3n) is 3.28. The summed E-state index contributed by atoms with van der Waals surface area (Å²) in [5.74, 6) is 1.99. The molecule has 0 amide bonds. The van der Waals surface area contributed by atoms with Crippen LogP contribution in [0.5, 0.6) is 5.88 Å². The van der Waals surface area contributed by atoms with Crippen molar-refractivity contribution >= 4 is 6.09 Å². The quantitative estimate of drug-likeness (QED) is 0.825. The third-order valence-corrected chi connectivity index (χ3v) is 3.28. The molecule has 0 unspecified atom stereocenters. The molecule has 1 aromatic heterocycles. The summed E-state index contributed by atoms with van der Waals surface area (Å²) in [6.45, 7) is 14.8. The van der Waals surface area contributed by atoms with Crippen molar-refractivity contribution in [2.75, 3.05) is 6.61 Å². The summed E-state index contributed by atoms with van der Waals surface area (Å²) in [6.07, 6.45) is 1.06. The summed E-state index contributed by atoms with van der Waals surface area (Å²) < 4.78 is 12.1. The van der Waals surface area contributed by atoms with Crippen molar-refractivity contribution in [1.29, 1.82) is 0 Å². The number of nitrogens with zero attached hydrogens (tertiary/aromatic N) is 2. The molecule has 0 saturated carbocycles. The van der Waals surface area contributed by atoms with Gasteiger partial charge in [0.2, 0.25) is 5.88 Å². The number of carbonyl (C=O) groups excluding carboxylic acids is 1. The Morgan fingerprint density at radius 2 is 1.81 bits per heavy atom. The number of hydrogen-bond acceptors (Lipinski definition) is 4. The van der Waals surface area contributed by atoms with Crippen LogP contribution in [-0.2, 0) is 4.74 Å². The van der Waals surface area contributed by atoms with Gasteiger partial charge in [-0.2, -0.15) is 4.68 Å². The van der Waals surface area contributed by atoms with Crippen LogP contribution in [0.1, 0.15) is 48.5 Å². The number of hydrogen-bond donors (Lipinski definition) is 0. The Morgan fingerprint density at radius 1 is 1.24 bits per heavy atom. The van der Waals surface area contributed by atoms with Crippen molar-refractivity contribution in [1.82, 2.24) is 9.78 Å². The maximum absolute atomic E-state index is 11.9. The second kappa shape index (κ2) is 6.96. The van der Waals surface area contributed by atoms with Crippen LogP contribution in [0.2, 0.25) is 0 Å². The second-order valence-corrected chi connectivity index (χ2v) is 7.04. The maximum atomic E-state index is 11.9. The molecule has 0 aliphatic carbocycles. The van der Waals surface area contributed by atoms with E-state index in [1.165, 1.54) is 4.68 Å². The van der Waals surface area contributed by atoms with E-state index in [9.17, 15) is 4.79 Å². The van der Waals surface area contributed by atoms with Crippen molar-refractivity contribution in [3.05, 3.63) is 12.3 Å². The molecule has 1 heterocycles.